The maximum absolute atomic E-state index is 4.84. The van der Waals surface area contributed by atoms with Gasteiger partial charge in [0, 0.05) is 12.5 Å². The van der Waals surface area contributed by atoms with Gasteiger partial charge >= 0.3 is 0 Å². The fourth-order valence-corrected chi connectivity index (χ4v) is 4.80. The molecule has 1 fully saturated rings. The summed E-state index contributed by atoms with van der Waals surface area (Å²) in [5.41, 5.74) is 1.16. The summed E-state index contributed by atoms with van der Waals surface area (Å²) in [5.74, 6) is 2.42. The van der Waals surface area contributed by atoms with Gasteiger partial charge in [-0.3, -0.25) is 0 Å². The van der Waals surface area contributed by atoms with Gasteiger partial charge in [0.1, 0.15) is 0 Å². The van der Waals surface area contributed by atoms with Crippen LogP contribution in [0.1, 0.15) is 38.1 Å². The van der Waals surface area contributed by atoms with Crippen LogP contribution in [0.4, 0.5) is 0 Å². The molecule has 3 atom stereocenters. The number of nitrogens with one attached hydrogen (secondary N) is 1. The van der Waals surface area contributed by atoms with Gasteiger partial charge in [0.2, 0.25) is 0 Å². The number of hydrogen-bond acceptors (Lipinski definition) is 3. The van der Waals surface area contributed by atoms with Gasteiger partial charge in [-0.2, -0.15) is 0 Å². The van der Waals surface area contributed by atoms with Gasteiger partial charge < -0.3 is 5.32 Å². The second-order valence-electron chi connectivity index (χ2n) is 6.75. The molecule has 0 saturated heterocycles. The third kappa shape index (κ3) is 3.29. The second-order valence-corrected chi connectivity index (χ2v) is 7.87. The number of para-hydroxylation sites is 1. The van der Waals surface area contributed by atoms with Crippen LogP contribution in [-0.4, -0.2) is 18.1 Å². The van der Waals surface area contributed by atoms with E-state index >= 15 is 0 Å². The topological polar surface area (TPSA) is 24.9 Å². The monoisotopic (exact) mass is 302 g/mol. The average Bonchev–Trinajstić information content (AvgIpc) is 2.89. The van der Waals surface area contributed by atoms with E-state index in [0.717, 1.165) is 29.7 Å². The summed E-state index contributed by atoms with van der Waals surface area (Å²) in [7, 11) is 2.12. The molecule has 1 aliphatic carbocycles. The van der Waals surface area contributed by atoms with E-state index in [2.05, 4.69) is 50.5 Å². The highest BCUT2D eigenvalue weighted by atomic mass is 32.1. The number of hydrogen-bond donors (Lipinski definition) is 1. The molecule has 1 saturated carbocycles. The van der Waals surface area contributed by atoms with E-state index in [-0.39, 0.29) is 0 Å². The van der Waals surface area contributed by atoms with Gasteiger partial charge in [0.15, 0.2) is 0 Å². The highest BCUT2D eigenvalue weighted by molar-refractivity contribution is 7.18. The molecule has 3 rings (SSSR count). The highest BCUT2D eigenvalue weighted by Crippen LogP contribution is 2.36. The van der Waals surface area contributed by atoms with Crippen molar-refractivity contribution in [2.75, 3.05) is 7.05 Å². The molecular weight excluding hydrogens is 276 g/mol. The van der Waals surface area contributed by atoms with Gasteiger partial charge in [0.05, 0.1) is 15.2 Å². The van der Waals surface area contributed by atoms with Crippen molar-refractivity contribution in [2.45, 2.75) is 45.6 Å². The van der Waals surface area contributed by atoms with Crippen LogP contribution in [0, 0.1) is 17.8 Å². The molecule has 0 aliphatic heterocycles. The van der Waals surface area contributed by atoms with Crippen molar-refractivity contribution in [2.24, 2.45) is 17.8 Å². The first-order valence-corrected chi connectivity index (χ1v) is 9.00. The molecule has 114 valence electrons. The van der Waals surface area contributed by atoms with E-state index in [1.54, 1.807) is 0 Å². The standard InChI is InChI=1S/C18H26N2S/c1-12(2)13-8-9-15(19-3)14(10-13)11-18-20-16-6-4-5-7-17(16)21-18/h4-7,12-15,19H,8-11H2,1-3H3. The van der Waals surface area contributed by atoms with E-state index in [4.69, 9.17) is 4.98 Å². The second kappa shape index (κ2) is 6.45. The lowest BCUT2D eigenvalue weighted by Gasteiger charge is -2.37. The minimum atomic E-state index is 0.659. The molecule has 0 bridgehead atoms. The van der Waals surface area contributed by atoms with Crippen molar-refractivity contribution < 1.29 is 0 Å². The Balaban J connectivity index is 1.76. The number of fused-ring (bicyclic) bond motifs is 1. The molecule has 3 heteroatoms. The molecule has 1 heterocycles. The van der Waals surface area contributed by atoms with Crippen molar-refractivity contribution in [1.82, 2.24) is 10.3 Å². The van der Waals surface area contributed by atoms with Gasteiger partial charge in [0.25, 0.3) is 0 Å². The van der Waals surface area contributed by atoms with Gasteiger partial charge in [-0.15, -0.1) is 11.3 Å². The third-order valence-corrected chi connectivity index (χ3v) is 6.17. The number of nitrogens with zero attached hydrogens (tertiary/aromatic N) is 1. The Hall–Kier alpha value is -0.930. The molecule has 0 amide bonds. The van der Waals surface area contributed by atoms with Crippen LogP contribution in [0.25, 0.3) is 10.2 Å². The summed E-state index contributed by atoms with van der Waals surface area (Å²) < 4.78 is 1.32. The Labute approximate surface area is 132 Å². The molecule has 1 aliphatic rings. The summed E-state index contributed by atoms with van der Waals surface area (Å²) in [5, 5.41) is 4.86. The zero-order valence-corrected chi connectivity index (χ0v) is 14.1. The zero-order chi connectivity index (χ0) is 14.8. The number of benzene rings is 1. The minimum absolute atomic E-state index is 0.659. The Morgan fingerprint density at radius 1 is 1.29 bits per heavy atom. The summed E-state index contributed by atoms with van der Waals surface area (Å²) in [6, 6.07) is 9.16. The zero-order valence-electron chi connectivity index (χ0n) is 13.3. The molecule has 1 aromatic heterocycles. The van der Waals surface area contributed by atoms with Crippen LogP contribution >= 0.6 is 11.3 Å². The summed E-state index contributed by atoms with van der Waals surface area (Å²) in [6.07, 6.45) is 5.17. The molecule has 3 unspecified atom stereocenters. The van der Waals surface area contributed by atoms with Crippen LogP contribution in [0.5, 0.6) is 0 Å². The largest absolute Gasteiger partial charge is 0.317 e. The maximum atomic E-state index is 4.84. The molecule has 1 N–H and O–H groups in total. The highest BCUT2D eigenvalue weighted by Gasteiger charge is 2.31. The lowest BCUT2D eigenvalue weighted by atomic mass is 9.72. The fourth-order valence-electron chi connectivity index (χ4n) is 3.74. The predicted molar refractivity (Wildman–Crippen MR) is 91.8 cm³/mol. The molecule has 1 aromatic carbocycles. The van der Waals surface area contributed by atoms with Crippen LogP contribution in [0.3, 0.4) is 0 Å². The normalized spacial score (nSPS) is 26.6. The third-order valence-electron chi connectivity index (χ3n) is 5.11. The van der Waals surface area contributed by atoms with Gasteiger partial charge in [-0.1, -0.05) is 26.0 Å². The van der Waals surface area contributed by atoms with E-state index < -0.39 is 0 Å². The minimum Gasteiger partial charge on any atom is -0.317 e. The van der Waals surface area contributed by atoms with Gasteiger partial charge in [-0.05, 0) is 56.2 Å². The van der Waals surface area contributed by atoms with Crippen molar-refractivity contribution >= 4 is 21.6 Å². The van der Waals surface area contributed by atoms with E-state index in [1.165, 1.54) is 29.0 Å². The number of aromatic nitrogens is 1. The molecule has 0 spiro atoms. The van der Waals surface area contributed by atoms with Crippen molar-refractivity contribution in [3.05, 3.63) is 29.3 Å². The number of rotatable bonds is 4. The van der Waals surface area contributed by atoms with Crippen molar-refractivity contribution in [1.29, 1.82) is 0 Å². The molecule has 2 aromatic rings. The molecule has 21 heavy (non-hydrogen) atoms. The first-order valence-electron chi connectivity index (χ1n) is 8.19. The van der Waals surface area contributed by atoms with E-state index in [0.29, 0.717) is 6.04 Å². The number of thiazole rings is 1. The van der Waals surface area contributed by atoms with Gasteiger partial charge in [-0.25, -0.2) is 4.98 Å². The van der Waals surface area contributed by atoms with E-state index in [9.17, 15) is 0 Å². The molecule has 2 nitrogen and oxygen atoms in total. The quantitative estimate of drug-likeness (QED) is 0.899. The SMILES string of the molecule is CNC1CCC(C(C)C)CC1Cc1nc2ccccc2s1. The first kappa shape index (κ1) is 15.0. The smallest absolute Gasteiger partial charge is 0.0941 e. The fraction of sp³-hybridized carbons (Fsp3) is 0.611. The molecule has 0 radical (unpaired) electrons. The predicted octanol–water partition coefficient (Wildman–Crippen LogP) is 4.50. The lowest BCUT2D eigenvalue weighted by molar-refractivity contribution is 0.173. The van der Waals surface area contributed by atoms with E-state index in [1.807, 2.05) is 11.3 Å². The van der Waals surface area contributed by atoms with Crippen LogP contribution in [-0.2, 0) is 6.42 Å². The first-order chi connectivity index (χ1) is 10.2. The van der Waals surface area contributed by atoms with Crippen LogP contribution in [0.2, 0.25) is 0 Å². The van der Waals surface area contributed by atoms with Crippen LogP contribution < -0.4 is 5.32 Å². The van der Waals surface area contributed by atoms with Crippen LogP contribution in [0.15, 0.2) is 24.3 Å². The lowest BCUT2D eigenvalue weighted by Crippen LogP contribution is -2.40. The Bertz CT molecular complexity index is 557. The molecular formula is C18H26N2S. The Morgan fingerprint density at radius 3 is 2.81 bits per heavy atom. The maximum Gasteiger partial charge on any atom is 0.0941 e. The Morgan fingerprint density at radius 2 is 2.10 bits per heavy atom. The summed E-state index contributed by atoms with van der Waals surface area (Å²) in [6.45, 7) is 4.75. The average molecular weight is 302 g/mol. The Kier molecular flexibility index (Phi) is 4.60. The van der Waals surface area contributed by atoms with Crippen molar-refractivity contribution in [3.8, 4) is 0 Å². The summed E-state index contributed by atoms with van der Waals surface area (Å²) >= 11 is 1.87. The summed E-state index contributed by atoms with van der Waals surface area (Å²) in [4.78, 5) is 4.84. The van der Waals surface area contributed by atoms with Crippen molar-refractivity contribution in [3.63, 3.8) is 0 Å².